The number of hydrogen-bond donors (Lipinski definition) is 1. The van der Waals surface area contributed by atoms with Crippen LogP contribution >= 0.6 is 0 Å². The van der Waals surface area contributed by atoms with Crippen LogP contribution < -0.4 is 10.1 Å². The van der Waals surface area contributed by atoms with Crippen molar-refractivity contribution in [2.75, 3.05) is 26.7 Å². The van der Waals surface area contributed by atoms with Gasteiger partial charge >= 0.3 is 0 Å². The van der Waals surface area contributed by atoms with Gasteiger partial charge in [-0.05, 0) is 39.4 Å². The van der Waals surface area contributed by atoms with Gasteiger partial charge in [0, 0.05) is 18.8 Å². The van der Waals surface area contributed by atoms with E-state index in [2.05, 4.69) is 34.2 Å². The third-order valence-corrected chi connectivity index (χ3v) is 3.59. The van der Waals surface area contributed by atoms with Crippen LogP contribution in [0.15, 0.2) is 12.4 Å². The zero-order valence-corrected chi connectivity index (χ0v) is 11.9. The van der Waals surface area contributed by atoms with Gasteiger partial charge < -0.3 is 15.0 Å². The fourth-order valence-corrected chi connectivity index (χ4v) is 2.44. The van der Waals surface area contributed by atoms with E-state index in [4.69, 9.17) is 4.74 Å². The van der Waals surface area contributed by atoms with Crippen LogP contribution in [0.4, 0.5) is 0 Å². The molecule has 1 fully saturated rings. The third-order valence-electron chi connectivity index (χ3n) is 3.59. The maximum Gasteiger partial charge on any atom is 0.232 e. The SMILES string of the molecule is CCNCc1cncc(OCCC2CCCN2C)n1. The molecule has 1 atom stereocenters. The summed E-state index contributed by atoms with van der Waals surface area (Å²) in [5.74, 6) is 0.635. The molecule has 1 saturated heterocycles. The van der Waals surface area contributed by atoms with Gasteiger partial charge in [0.25, 0.3) is 0 Å². The highest BCUT2D eigenvalue weighted by molar-refractivity contribution is 5.08. The van der Waals surface area contributed by atoms with Crippen molar-refractivity contribution < 1.29 is 4.74 Å². The van der Waals surface area contributed by atoms with Crippen molar-refractivity contribution in [3.8, 4) is 5.88 Å². The second-order valence-electron chi connectivity index (χ2n) is 5.04. The van der Waals surface area contributed by atoms with Gasteiger partial charge in [0.2, 0.25) is 5.88 Å². The Kier molecular flexibility index (Phi) is 5.54. The second kappa shape index (κ2) is 7.40. The van der Waals surface area contributed by atoms with Crippen LogP contribution in [0, 0.1) is 0 Å². The Morgan fingerprint density at radius 3 is 3.11 bits per heavy atom. The molecule has 0 radical (unpaired) electrons. The Morgan fingerprint density at radius 1 is 1.47 bits per heavy atom. The van der Waals surface area contributed by atoms with Crippen LogP contribution in [0.1, 0.15) is 31.9 Å². The number of ether oxygens (including phenoxy) is 1. The summed E-state index contributed by atoms with van der Waals surface area (Å²) < 4.78 is 5.71. The molecule has 0 amide bonds. The summed E-state index contributed by atoms with van der Waals surface area (Å²) in [5, 5.41) is 3.23. The van der Waals surface area contributed by atoms with Gasteiger partial charge in [-0.2, -0.15) is 0 Å². The van der Waals surface area contributed by atoms with E-state index in [1.807, 2.05) is 0 Å². The van der Waals surface area contributed by atoms with Gasteiger partial charge in [0.05, 0.1) is 18.5 Å². The molecule has 1 aliphatic heterocycles. The molecule has 1 aromatic heterocycles. The number of aromatic nitrogens is 2. The van der Waals surface area contributed by atoms with Gasteiger partial charge in [-0.25, -0.2) is 4.98 Å². The lowest BCUT2D eigenvalue weighted by Crippen LogP contribution is -2.26. The fourth-order valence-electron chi connectivity index (χ4n) is 2.44. The molecule has 2 heterocycles. The van der Waals surface area contributed by atoms with E-state index >= 15 is 0 Å². The fraction of sp³-hybridized carbons (Fsp3) is 0.714. The smallest absolute Gasteiger partial charge is 0.232 e. The number of rotatable bonds is 7. The molecular formula is C14H24N4O. The number of likely N-dealkylation sites (tertiary alicyclic amines) is 1. The molecule has 1 aromatic rings. The Balaban J connectivity index is 1.75. The quantitative estimate of drug-likeness (QED) is 0.808. The summed E-state index contributed by atoms with van der Waals surface area (Å²) >= 11 is 0. The minimum absolute atomic E-state index is 0.635. The predicted molar refractivity (Wildman–Crippen MR) is 75.2 cm³/mol. The largest absolute Gasteiger partial charge is 0.477 e. The zero-order chi connectivity index (χ0) is 13.5. The standard InChI is InChI=1S/C14H24N4O/c1-3-15-9-12-10-16-11-14(17-12)19-8-6-13-5-4-7-18(13)2/h10-11,13,15H,3-9H2,1-2H3. The molecule has 1 unspecified atom stereocenters. The molecule has 0 saturated carbocycles. The average Bonchev–Trinajstić information content (AvgIpc) is 2.83. The number of nitrogens with zero attached hydrogens (tertiary/aromatic N) is 3. The van der Waals surface area contributed by atoms with Crippen LogP contribution in [-0.4, -0.2) is 47.7 Å². The zero-order valence-electron chi connectivity index (χ0n) is 11.9. The van der Waals surface area contributed by atoms with Gasteiger partial charge in [-0.1, -0.05) is 6.92 Å². The first-order valence-electron chi connectivity index (χ1n) is 7.14. The van der Waals surface area contributed by atoms with Crippen LogP contribution in [0.25, 0.3) is 0 Å². The highest BCUT2D eigenvalue weighted by Crippen LogP contribution is 2.18. The summed E-state index contributed by atoms with van der Waals surface area (Å²) in [5.41, 5.74) is 0.928. The maximum atomic E-state index is 5.71. The molecule has 0 aromatic carbocycles. The molecular weight excluding hydrogens is 240 g/mol. The van der Waals surface area contributed by atoms with Gasteiger partial charge in [-0.15, -0.1) is 0 Å². The Morgan fingerprint density at radius 2 is 2.37 bits per heavy atom. The monoisotopic (exact) mass is 264 g/mol. The second-order valence-corrected chi connectivity index (χ2v) is 5.04. The predicted octanol–water partition coefficient (Wildman–Crippen LogP) is 1.45. The molecule has 2 rings (SSSR count). The number of hydrogen-bond acceptors (Lipinski definition) is 5. The van der Waals surface area contributed by atoms with Gasteiger partial charge in [0.1, 0.15) is 0 Å². The Hall–Kier alpha value is -1.20. The molecule has 0 bridgehead atoms. The van der Waals surface area contributed by atoms with E-state index < -0.39 is 0 Å². The number of nitrogens with one attached hydrogen (secondary N) is 1. The van der Waals surface area contributed by atoms with Crippen molar-refractivity contribution in [3.05, 3.63) is 18.1 Å². The Labute approximate surface area is 115 Å². The molecule has 106 valence electrons. The highest BCUT2D eigenvalue weighted by atomic mass is 16.5. The van der Waals surface area contributed by atoms with Crippen LogP contribution in [0.3, 0.4) is 0 Å². The van der Waals surface area contributed by atoms with Crippen molar-refractivity contribution in [3.63, 3.8) is 0 Å². The Bertz CT molecular complexity index is 385. The minimum Gasteiger partial charge on any atom is -0.477 e. The first kappa shape index (κ1) is 14.2. The normalized spacial score (nSPS) is 19.8. The van der Waals surface area contributed by atoms with Crippen LogP contribution in [0.2, 0.25) is 0 Å². The summed E-state index contributed by atoms with van der Waals surface area (Å²) in [6.07, 6.45) is 7.12. The van der Waals surface area contributed by atoms with Crippen LogP contribution in [-0.2, 0) is 6.54 Å². The van der Waals surface area contributed by atoms with Crippen molar-refractivity contribution in [2.24, 2.45) is 0 Å². The lowest BCUT2D eigenvalue weighted by molar-refractivity contribution is 0.227. The third kappa shape index (κ3) is 4.44. The van der Waals surface area contributed by atoms with Gasteiger partial charge in [0.15, 0.2) is 0 Å². The van der Waals surface area contributed by atoms with E-state index in [1.54, 1.807) is 12.4 Å². The summed E-state index contributed by atoms with van der Waals surface area (Å²) in [6.45, 7) is 5.68. The topological polar surface area (TPSA) is 50.3 Å². The molecule has 1 N–H and O–H groups in total. The van der Waals surface area contributed by atoms with E-state index in [0.717, 1.165) is 25.2 Å². The lowest BCUT2D eigenvalue weighted by Gasteiger charge is -2.19. The van der Waals surface area contributed by atoms with Crippen molar-refractivity contribution >= 4 is 0 Å². The minimum atomic E-state index is 0.635. The molecule has 5 heteroatoms. The molecule has 1 aliphatic rings. The first-order chi connectivity index (χ1) is 9.29. The van der Waals surface area contributed by atoms with Crippen molar-refractivity contribution in [1.82, 2.24) is 20.2 Å². The summed E-state index contributed by atoms with van der Waals surface area (Å²) in [6, 6.07) is 0.665. The molecule has 0 spiro atoms. The molecule has 5 nitrogen and oxygen atoms in total. The van der Waals surface area contributed by atoms with Crippen molar-refractivity contribution in [2.45, 2.75) is 38.8 Å². The van der Waals surface area contributed by atoms with Crippen molar-refractivity contribution in [1.29, 1.82) is 0 Å². The summed E-state index contributed by atoms with van der Waals surface area (Å²) in [4.78, 5) is 11.0. The van der Waals surface area contributed by atoms with Gasteiger partial charge in [-0.3, -0.25) is 4.98 Å². The first-order valence-corrected chi connectivity index (χ1v) is 7.14. The lowest BCUT2D eigenvalue weighted by atomic mass is 10.1. The van der Waals surface area contributed by atoms with E-state index in [9.17, 15) is 0 Å². The highest BCUT2D eigenvalue weighted by Gasteiger charge is 2.20. The van der Waals surface area contributed by atoms with E-state index in [0.29, 0.717) is 18.5 Å². The van der Waals surface area contributed by atoms with E-state index in [1.165, 1.54) is 19.4 Å². The maximum absolute atomic E-state index is 5.71. The summed E-state index contributed by atoms with van der Waals surface area (Å²) in [7, 11) is 2.19. The molecule has 19 heavy (non-hydrogen) atoms. The van der Waals surface area contributed by atoms with E-state index in [-0.39, 0.29) is 0 Å². The molecule has 0 aliphatic carbocycles. The average molecular weight is 264 g/mol. The van der Waals surface area contributed by atoms with Crippen LogP contribution in [0.5, 0.6) is 5.88 Å².